The molecule has 2 aromatic heterocycles. The lowest BCUT2D eigenvalue weighted by atomic mass is 9.93. The van der Waals surface area contributed by atoms with Gasteiger partial charge in [0.1, 0.15) is 6.10 Å². The number of aromatic nitrogens is 2. The van der Waals surface area contributed by atoms with Gasteiger partial charge in [-0.2, -0.15) is 13.2 Å². The van der Waals surface area contributed by atoms with Gasteiger partial charge in [-0.3, -0.25) is 4.79 Å². The molecule has 0 spiro atoms. The Balaban J connectivity index is 1.28. The van der Waals surface area contributed by atoms with E-state index in [-0.39, 0.29) is 23.9 Å². The van der Waals surface area contributed by atoms with Gasteiger partial charge in [0.2, 0.25) is 5.88 Å². The van der Waals surface area contributed by atoms with Crippen molar-refractivity contribution in [2.45, 2.75) is 44.0 Å². The molecule has 3 aromatic rings. The number of hydrogen-bond donors (Lipinski definition) is 1. The molecule has 4 rings (SSSR count). The number of halogens is 3. The van der Waals surface area contributed by atoms with Crippen molar-refractivity contribution in [3.8, 4) is 5.88 Å². The highest BCUT2D eigenvalue weighted by molar-refractivity contribution is 7.20. The molecule has 2 heterocycles. The summed E-state index contributed by atoms with van der Waals surface area (Å²) in [7, 11) is 0. The van der Waals surface area contributed by atoms with Crippen molar-refractivity contribution in [1.82, 2.24) is 15.3 Å². The van der Waals surface area contributed by atoms with Gasteiger partial charge in [-0.1, -0.05) is 12.1 Å². The summed E-state index contributed by atoms with van der Waals surface area (Å²) >= 11 is 1.36. The third-order valence-electron chi connectivity index (χ3n) is 4.85. The van der Waals surface area contributed by atoms with Crippen LogP contribution < -0.4 is 10.1 Å². The second-order valence-corrected chi connectivity index (χ2v) is 7.97. The van der Waals surface area contributed by atoms with Crippen LogP contribution in [0, 0.1) is 0 Å². The van der Waals surface area contributed by atoms with Crippen LogP contribution in [-0.4, -0.2) is 28.0 Å². The van der Waals surface area contributed by atoms with Gasteiger partial charge in [-0.05, 0) is 43.9 Å². The number of carbonyl (C=O) groups is 1. The number of thiazole rings is 1. The maximum Gasteiger partial charge on any atom is 0.417 e. The van der Waals surface area contributed by atoms with E-state index in [4.69, 9.17) is 4.74 Å². The number of hydrogen-bond acceptors (Lipinski definition) is 5. The van der Waals surface area contributed by atoms with Gasteiger partial charge in [-0.25, -0.2) is 9.97 Å². The number of rotatable bonds is 4. The quantitative estimate of drug-likeness (QED) is 0.655. The van der Waals surface area contributed by atoms with E-state index in [0.717, 1.165) is 35.3 Å². The first-order valence-electron chi connectivity index (χ1n) is 9.25. The second-order valence-electron chi connectivity index (χ2n) is 6.93. The lowest BCUT2D eigenvalue weighted by Gasteiger charge is -2.29. The smallest absolute Gasteiger partial charge is 0.417 e. The molecule has 5 nitrogen and oxygen atoms in total. The maximum atomic E-state index is 12.6. The minimum atomic E-state index is -4.41. The van der Waals surface area contributed by atoms with E-state index in [1.807, 2.05) is 24.3 Å². The minimum Gasteiger partial charge on any atom is -0.474 e. The van der Waals surface area contributed by atoms with Gasteiger partial charge >= 0.3 is 6.18 Å². The molecule has 9 heteroatoms. The van der Waals surface area contributed by atoms with E-state index in [2.05, 4.69) is 15.3 Å². The summed E-state index contributed by atoms with van der Waals surface area (Å²) in [4.78, 5) is 20.6. The van der Waals surface area contributed by atoms with E-state index in [9.17, 15) is 18.0 Å². The molecule has 1 aromatic carbocycles. The highest BCUT2D eigenvalue weighted by Crippen LogP contribution is 2.30. The zero-order valence-electron chi connectivity index (χ0n) is 15.3. The number of benzene rings is 1. The molecule has 0 unspecified atom stereocenters. The van der Waals surface area contributed by atoms with Crippen molar-refractivity contribution in [1.29, 1.82) is 0 Å². The van der Waals surface area contributed by atoms with Crippen molar-refractivity contribution >= 4 is 27.5 Å². The summed E-state index contributed by atoms with van der Waals surface area (Å²) < 4.78 is 44.4. The molecule has 1 aliphatic carbocycles. The van der Waals surface area contributed by atoms with Crippen LogP contribution in [0.5, 0.6) is 5.88 Å². The van der Waals surface area contributed by atoms with Crippen LogP contribution in [0.4, 0.5) is 13.2 Å². The third-order valence-corrected chi connectivity index (χ3v) is 5.88. The number of carbonyl (C=O) groups excluding carboxylic acids is 1. The van der Waals surface area contributed by atoms with Gasteiger partial charge in [-0.15, -0.1) is 11.3 Å². The Morgan fingerprint density at radius 1 is 1.10 bits per heavy atom. The normalized spacial score (nSPS) is 19.8. The summed E-state index contributed by atoms with van der Waals surface area (Å²) in [6.07, 6.45) is -0.940. The van der Waals surface area contributed by atoms with Gasteiger partial charge in [0, 0.05) is 18.3 Å². The number of nitrogens with one attached hydrogen (secondary N) is 1. The van der Waals surface area contributed by atoms with Gasteiger partial charge in [0.15, 0.2) is 5.01 Å². The number of nitrogens with zero attached hydrogens (tertiary/aromatic N) is 2. The molecule has 0 atom stereocenters. The Hall–Kier alpha value is -2.68. The molecule has 0 saturated heterocycles. The zero-order chi connectivity index (χ0) is 20.4. The van der Waals surface area contributed by atoms with Crippen LogP contribution in [0.3, 0.4) is 0 Å². The maximum absolute atomic E-state index is 12.6. The Morgan fingerprint density at radius 3 is 2.52 bits per heavy atom. The van der Waals surface area contributed by atoms with Crippen molar-refractivity contribution in [3.63, 3.8) is 0 Å². The van der Waals surface area contributed by atoms with Gasteiger partial charge in [0.25, 0.3) is 5.91 Å². The molecule has 0 radical (unpaired) electrons. The summed E-state index contributed by atoms with van der Waals surface area (Å²) in [6.45, 7) is 0. The van der Waals surface area contributed by atoms with E-state index in [0.29, 0.717) is 17.8 Å². The molecule has 0 bridgehead atoms. The number of alkyl halides is 3. The number of amides is 1. The Morgan fingerprint density at radius 2 is 1.86 bits per heavy atom. The first-order valence-corrected chi connectivity index (χ1v) is 10.1. The highest BCUT2D eigenvalue weighted by atomic mass is 32.1. The number of ether oxygens (including phenoxy) is 1. The molecule has 29 heavy (non-hydrogen) atoms. The molecular formula is C20H18F3N3O2S. The number of para-hydroxylation sites is 1. The zero-order valence-corrected chi connectivity index (χ0v) is 16.1. The van der Waals surface area contributed by atoms with Crippen LogP contribution in [0.1, 0.15) is 41.0 Å². The molecule has 152 valence electrons. The summed E-state index contributed by atoms with van der Waals surface area (Å²) in [5.41, 5.74) is 0.00918. The lowest BCUT2D eigenvalue weighted by molar-refractivity contribution is -0.137. The van der Waals surface area contributed by atoms with Crippen LogP contribution in [0.2, 0.25) is 0 Å². The Kier molecular flexibility index (Phi) is 5.40. The average Bonchev–Trinajstić information content (AvgIpc) is 3.14. The van der Waals surface area contributed by atoms with Gasteiger partial charge < -0.3 is 10.1 Å². The third kappa shape index (κ3) is 4.67. The predicted octanol–water partition coefficient (Wildman–Crippen LogP) is 4.83. The lowest BCUT2D eigenvalue weighted by Crippen LogP contribution is -2.39. The molecular weight excluding hydrogens is 403 g/mol. The van der Waals surface area contributed by atoms with E-state index in [1.165, 1.54) is 17.4 Å². The molecule has 1 saturated carbocycles. The van der Waals surface area contributed by atoms with Crippen molar-refractivity contribution in [3.05, 3.63) is 53.2 Å². The predicted molar refractivity (Wildman–Crippen MR) is 103 cm³/mol. The SMILES string of the molecule is O=C(NC1CCC(Oc2ccc(C(F)(F)F)cn2)CC1)c1nc2ccccc2s1. The molecule has 1 aliphatic rings. The molecule has 0 aliphatic heterocycles. The number of pyridine rings is 1. The van der Waals surface area contributed by atoms with Crippen molar-refractivity contribution in [2.75, 3.05) is 0 Å². The molecule has 1 amide bonds. The second kappa shape index (κ2) is 7.98. The highest BCUT2D eigenvalue weighted by Gasteiger charge is 2.31. The van der Waals surface area contributed by atoms with Gasteiger partial charge in [0.05, 0.1) is 15.8 Å². The van der Waals surface area contributed by atoms with Crippen LogP contribution in [-0.2, 0) is 6.18 Å². The summed E-state index contributed by atoms with van der Waals surface area (Å²) in [5.74, 6) is -0.0000596. The first-order chi connectivity index (χ1) is 13.9. The van der Waals surface area contributed by atoms with E-state index >= 15 is 0 Å². The van der Waals surface area contributed by atoms with E-state index < -0.39 is 11.7 Å². The monoisotopic (exact) mass is 421 g/mol. The Bertz CT molecular complexity index is 963. The largest absolute Gasteiger partial charge is 0.474 e. The minimum absolute atomic E-state index is 0.0231. The Labute approximate surface area is 168 Å². The summed E-state index contributed by atoms with van der Waals surface area (Å²) in [6, 6.07) is 9.83. The molecule has 1 N–H and O–H groups in total. The van der Waals surface area contributed by atoms with Crippen LogP contribution in [0.15, 0.2) is 42.6 Å². The fourth-order valence-electron chi connectivity index (χ4n) is 3.33. The number of fused-ring (bicyclic) bond motifs is 1. The average molecular weight is 421 g/mol. The summed E-state index contributed by atoms with van der Waals surface area (Å²) in [5, 5.41) is 3.46. The van der Waals surface area contributed by atoms with Crippen LogP contribution in [0.25, 0.3) is 10.2 Å². The molecule has 1 fully saturated rings. The topological polar surface area (TPSA) is 64.1 Å². The van der Waals surface area contributed by atoms with Crippen molar-refractivity contribution in [2.24, 2.45) is 0 Å². The fraction of sp³-hybridized carbons (Fsp3) is 0.350. The van der Waals surface area contributed by atoms with Crippen LogP contribution >= 0.6 is 11.3 Å². The van der Waals surface area contributed by atoms with Crippen molar-refractivity contribution < 1.29 is 22.7 Å². The first kappa shape index (κ1) is 19.6. The van der Waals surface area contributed by atoms with E-state index in [1.54, 1.807) is 0 Å². The standard InChI is InChI=1S/C20H18F3N3O2S/c21-20(22,23)12-5-10-17(24-11-12)28-14-8-6-13(7-9-14)25-18(27)19-26-15-3-1-2-4-16(15)29-19/h1-5,10-11,13-14H,6-9H2,(H,25,27). The fourth-order valence-corrected chi connectivity index (χ4v) is 4.20.